The van der Waals surface area contributed by atoms with E-state index in [9.17, 15) is 26.7 Å². The first kappa shape index (κ1) is 23.1. The van der Waals surface area contributed by atoms with Crippen molar-refractivity contribution in [2.24, 2.45) is 0 Å². The molecule has 0 fully saturated rings. The standard InChI is InChI=1S/C22H16F3N5O4S/c23-14-6-7-16(27-10-14)19(31)18(15-3-1-2-8-26-15)30-11-13-5-4-12(9-17(13)35(30,32)33)21-28-29-22(34-21)20(24)25/h1-10,18-20,31H,11H2/t18-,19+/m0/s1. The second kappa shape index (κ2) is 8.83. The lowest BCUT2D eigenvalue weighted by molar-refractivity contribution is 0.0826. The van der Waals surface area contributed by atoms with Crippen LogP contribution in [-0.4, -0.2) is 38.0 Å². The van der Waals surface area contributed by atoms with Crippen molar-refractivity contribution in [3.63, 3.8) is 0 Å². The van der Waals surface area contributed by atoms with E-state index < -0.39 is 40.3 Å². The molecule has 0 saturated carbocycles. The molecule has 180 valence electrons. The van der Waals surface area contributed by atoms with Gasteiger partial charge in [0, 0.05) is 18.3 Å². The maximum Gasteiger partial charge on any atom is 0.314 e. The molecular weight excluding hydrogens is 487 g/mol. The van der Waals surface area contributed by atoms with Crippen LogP contribution in [-0.2, 0) is 16.6 Å². The molecule has 0 aliphatic carbocycles. The molecule has 35 heavy (non-hydrogen) atoms. The van der Waals surface area contributed by atoms with Crippen molar-refractivity contribution in [2.45, 2.75) is 30.0 Å². The largest absolute Gasteiger partial charge is 0.415 e. The summed E-state index contributed by atoms with van der Waals surface area (Å²) in [6.45, 7) is -0.108. The first-order valence-electron chi connectivity index (χ1n) is 10.2. The summed E-state index contributed by atoms with van der Waals surface area (Å²) in [7, 11) is -4.20. The molecule has 4 heterocycles. The van der Waals surface area contributed by atoms with Crippen LogP contribution in [0.15, 0.2) is 70.2 Å². The highest BCUT2D eigenvalue weighted by atomic mass is 32.2. The zero-order valence-corrected chi connectivity index (χ0v) is 18.5. The van der Waals surface area contributed by atoms with Crippen LogP contribution in [0.1, 0.15) is 41.4 Å². The first-order chi connectivity index (χ1) is 16.8. The Labute approximate surface area is 197 Å². The first-order valence-corrected chi connectivity index (χ1v) is 11.7. The zero-order chi connectivity index (χ0) is 24.7. The summed E-state index contributed by atoms with van der Waals surface area (Å²) < 4.78 is 72.2. The summed E-state index contributed by atoms with van der Waals surface area (Å²) in [6, 6.07) is 10.3. The molecule has 0 unspecified atom stereocenters. The monoisotopic (exact) mass is 503 g/mol. The minimum Gasteiger partial charge on any atom is -0.415 e. The fourth-order valence-corrected chi connectivity index (χ4v) is 5.69. The number of rotatable bonds is 6. The van der Waals surface area contributed by atoms with E-state index in [1.807, 2.05) is 0 Å². The van der Waals surface area contributed by atoms with Crippen molar-refractivity contribution < 1.29 is 31.1 Å². The number of aromatic nitrogens is 4. The summed E-state index contributed by atoms with van der Waals surface area (Å²) in [4.78, 5) is 8.02. The Morgan fingerprint density at radius 2 is 1.86 bits per heavy atom. The molecule has 5 rings (SSSR count). The SMILES string of the molecule is O=S1(=O)c2cc(-c3nnc(C(F)F)o3)ccc2CN1[C@@H](c1ccccn1)[C@H](O)c1ccc(F)cn1. The van der Waals surface area contributed by atoms with E-state index in [2.05, 4.69) is 20.2 Å². The third-order valence-corrected chi connectivity index (χ3v) is 7.42. The van der Waals surface area contributed by atoms with Crippen molar-refractivity contribution in [1.29, 1.82) is 0 Å². The van der Waals surface area contributed by atoms with Gasteiger partial charge in [-0.1, -0.05) is 12.1 Å². The predicted molar refractivity (Wildman–Crippen MR) is 114 cm³/mol. The summed E-state index contributed by atoms with van der Waals surface area (Å²) in [5.74, 6) is -1.75. The lowest BCUT2D eigenvalue weighted by atomic mass is 10.0. The van der Waals surface area contributed by atoms with E-state index >= 15 is 0 Å². The number of halogens is 3. The third kappa shape index (κ3) is 4.17. The van der Waals surface area contributed by atoms with Gasteiger partial charge in [0.2, 0.25) is 15.9 Å². The second-order valence-corrected chi connectivity index (χ2v) is 9.52. The molecule has 0 amide bonds. The highest BCUT2D eigenvalue weighted by molar-refractivity contribution is 7.89. The van der Waals surface area contributed by atoms with Crippen molar-refractivity contribution >= 4 is 10.0 Å². The van der Waals surface area contributed by atoms with Crippen LogP contribution in [0, 0.1) is 5.82 Å². The van der Waals surface area contributed by atoms with Crippen LogP contribution in [0.25, 0.3) is 11.5 Å². The summed E-state index contributed by atoms with van der Waals surface area (Å²) in [6.07, 6.45) is -2.06. The number of benzene rings is 1. The number of aliphatic hydroxyl groups excluding tert-OH is 1. The Bertz CT molecular complexity index is 1470. The molecule has 9 nitrogen and oxygen atoms in total. The van der Waals surface area contributed by atoms with Crippen LogP contribution >= 0.6 is 0 Å². The molecule has 0 bridgehead atoms. The third-order valence-electron chi connectivity index (χ3n) is 5.51. The van der Waals surface area contributed by atoms with Crippen LogP contribution in [0.5, 0.6) is 0 Å². The van der Waals surface area contributed by atoms with Crippen molar-refractivity contribution in [1.82, 2.24) is 24.5 Å². The minimum absolute atomic E-state index is 0.0549. The maximum atomic E-state index is 13.6. The number of hydrogen-bond donors (Lipinski definition) is 1. The van der Waals surface area contributed by atoms with Gasteiger partial charge in [-0.3, -0.25) is 9.97 Å². The topological polar surface area (TPSA) is 122 Å². The Kier molecular flexibility index (Phi) is 5.83. The van der Waals surface area contributed by atoms with Gasteiger partial charge in [-0.2, -0.15) is 13.1 Å². The number of aliphatic hydroxyl groups is 1. The lowest BCUT2D eigenvalue weighted by Crippen LogP contribution is -2.34. The summed E-state index contributed by atoms with van der Waals surface area (Å²) >= 11 is 0. The number of pyridine rings is 2. The maximum absolute atomic E-state index is 13.6. The number of sulfonamides is 1. The lowest BCUT2D eigenvalue weighted by Gasteiger charge is -2.29. The predicted octanol–water partition coefficient (Wildman–Crippen LogP) is 3.58. The summed E-state index contributed by atoms with van der Waals surface area (Å²) in [5.41, 5.74) is 0.853. The normalized spacial score (nSPS) is 16.8. The molecule has 0 radical (unpaired) electrons. The van der Waals surface area contributed by atoms with E-state index in [-0.39, 0.29) is 34.3 Å². The average Bonchev–Trinajstić information content (AvgIpc) is 3.44. The van der Waals surface area contributed by atoms with Gasteiger partial charge < -0.3 is 9.52 Å². The van der Waals surface area contributed by atoms with Gasteiger partial charge >= 0.3 is 6.43 Å². The fraction of sp³-hybridized carbons (Fsp3) is 0.182. The molecule has 0 saturated heterocycles. The molecule has 1 aliphatic rings. The van der Waals surface area contributed by atoms with Gasteiger partial charge in [-0.15, -0.1) is 10.2 Å². The molecule has 13 heteroatoms. The molecule has 2 atom stereocenters. The minimum atomic E-state index is -4.20. The second-order valence-electron chi connectivity index (χ2n) is 7.66. The fourth-order valence-electron chi connectivity index (χ4n) is 3.87. The Morgan fingerprint density at radius 3 is 2.51 bits per heavy atom. The van der Waals surface area contributed by atoms with Gasteiger partial charge in [0.05, 0.1) is 28.5 Å². The molecule has 3 aromatic heterocycles. The van der Waals surface area contributed by atoms with E-state index in [1.165, 1.54) is 30.5 Å². The quantitative estimate of drug-likeness (QED) is 0.424. The van der Waals surface area contributed by atoms with Gasteiger partial charge in [0.15, 0.2) is 0 Å². The molecule has 0 spiro atoms. The van der Waals surface area contributed by atoms with Gasteiger partial charge in [0.25, 0.3) is 5.89 Å². The average molecular weight is 503 g/mol. The van der Waals surface area contributed by atoms with Crippen LogP contribution < -0.4 is 0 Å². The van der Waals surface area contributed by atoms with Crippen LogP contribution in [0.2, 0.25) is 0 Å². The molecule has 1 N–H and O–H groups in total. The van der Waals surface area contributed by atoms with Crippen LogP contribution in [0.3, 0.4) is 0 Å². The van der Waals surface area contributed by atoms with Crippen LogP contribution in [0.4, 0.5) is 13.2 Å². The summed E-state index contributed by atoms with van der Waals surface area (Å²) in [5, 5.41) is 18.0. The molecule has 1 aromatic carbocycles. The number of nitrogens with zero attached hydrogens (tertiary/aromatic N) is 5. The van der Waals surface area contributed by atoms with Crippen molar-refractivity contribution in [3.05, 3.63) is 89.6 Å². The van der Waals surface area contributed by atoms with E-state index in [0.717, 1.165) is 16.6 Å². The number of alkyl halides is 2. The number of hydrogen-bond acceptors (Lipinski definition) is 8. The number of fused-ring (bicyclic) bond motifs is 1. The Morgan fingerprint density at radius 1 is 1.03 bits per heavy atom. The zero-order valence-electron chi connectivity index (χ0n) is 17.7. The van der Waals surface area contributed by atoms with Gasteiger partial charge in [-0.05, 0) is 42.0 Å². The van der Waals surface area contributed by atoms with E-state index in [0.29, 0.717) is 5.56 Å². The smallest absolute Gasteiger partial charge is 0.314 e. The Hall–Kier alpha value is -3.68. The highest BCUT2D eigenvalue weighted by Crippen LogP contribution is 2.43. The Balaban J connectivity index is 1.56. The molecule has 1 aliphatic heterocycles. The molecule has 4 aromatic rings. The van der Waals surface area contributed by atoms with E-state index in [1.54, 1.807) is 18.2 Å². The highest BCUT2D eigenvalue weighted by Gasteiger charge is 2.44. The van der Waals surface area contributed by atoms with E-state index in [4.69, 9.17) is 4.42 Å². The van der Waals surface area contributed by atoms with Crippen molar-refractivity contribution in [2.75, 3.05) is 0 Å². The van der Waals surface area contributed by atoms with Gasteiger partial charge in [-0.25, -0.2) is 12.8 Å². The molecular formula is C22H16F3N5O4S. The van der Waals surface area contributed by atoms with Crippen molar-refractivity contribution in [3.8, 4) is 11.5 Å². The van der Waals surface area contributed by atoms with Gasteiger partial charge in [0.1, 0.15) is 11.9 Å².